The fourth-order valence-corrected chi connectivity index (χ4v) is 2.94. The summed E-state index contributed by atoms with van der Waals surface area (Å²) in [4.78, 5) is 0. The van der Waals surface area contributed by atoms with Crippen LogP contribution in [0.4, 0.5) is 0 Å². The summed E-state index contributed by atoms with van der Waals surface area (Å²) in [5.41, 5.74) is 2.91. The Hall–Kier alpha value is -1.12. The molecule has 0 aliphatic heterocycles. The summed E-state index contributed by atoms with van der Waals surface area (Å²) < 4.78 is 0. The van der Waals surface area contributed by atoms with Crippen molar-refractivity contribution >= 4 is 11.3 Å². The van der Waals surface area contributed by atoms with Crippen LogP contribution in [0.1, 0.15) is 18.1 Å². The van der Waals surface area contributed by atoms with Crippen LogP contribution in [-0.2, 0) is 12.8 Å². The van der Waals surface area contributed by atoms with E-state index in [-0.39, 0.29) is 0 Å². The second-order valence-electron chi connectivity index (χ2n) is 4.70. The van der Waals surface area contributed by atoms with Gasteiger partial charge in [0.05, 0.1) is 0 Å². The second-order valence-corrected chi connectivity index (χ2v) is 5.48. The number of hydrogen-bond acceptors (Lipinski definition) is 2. The van der Waals surface area contributed by atoms with Gasteiger partial charge in [-0.2, -0.15) is 11.3 Å². The number of nitrogens with one attached hydrogen (secondary N) is 1. The first-order chi connectivity index (χ1) is 8.88. The zero-order valence-corrected chi connectivity index (χ0v) is 11.7. The minimum absolute atomic E-state index is 0.682. The van der Waals surface area contributed by atoms with Gasteiger partial charge in [-0.25, -0.2) is 0 Å². The van der Waals surface area contributed by atoms with Crippen LogP contribution in [0.15, 0.2) is 47.2 Å². The Morgan fingerprint density at radius 3 is 2.50 bits per heavy atom. The lowest BCUT2D eigenvalue weighted by Crippen LogP contribution is -2.25. The van der Waals surface area contributed by atoms with Gasteiger partial charge in [-0.15, -0.1) is 0 Å². The fourth-order valence-electron chi connectivity index (χ4n) is 2.25. The third kappa shape index (κ3) is 4.28. The number of thiophene rings is 1. The van der Waals surface area contributed by atoms with Gasteiger partial charge in [-0.05, 0) is 59.8 Å². The van der Waals surface area contributed by atoms with Crippen molar-refractivity contribution < 1.29 is 0 Å². The molecule has 1 aromatic carbocycles. The third-order valence-corrected chi connectivity index (χ3v) is 3.89. The van der Waals surface area contributed by atoms with E-state index >= 15 is 0 Å². The van der Waals surface area contributed by atoms with Crippen molar-refractivity contribution in [2.75, 3.05) is 13.1 Å². The van der Waals surface area contributed by atoms with Gasteiger partial charge in [-0.1, -0.05) is 37.3 Å². The zero-order valence-electron chi connectivity index (χ0n) is 10.9. The number of benzene rings is 1. The van der Waals surface area contributed by atoms with Crippen LogP contribution < -0.4 is 5.32 Å². The van der Waals surface area contributed by atoms with Crippen molar-refractivity contribution in [3.63, 3.8) is 0 Å². The molecule has 1 unspecified atom stereocenters. The van der Waals surface area contributed by atoms with E-state index in [0.29, 0.717) is 5.92 Å². The number of hydrogen-bond donors (Lipinski definition) is 1. The Morgan fingerprint density at radius 1 is 1.06 bits per heavy atom. The molecule has 0 aliphatic carbocycles. The van der Waals surface area contributed by atoms with Gasteiger partial charge in [0.1, 0.15) is 0 Å². The highest BCUT2D eigenvalue weighted by atomic mass is 32.1. The first kappa shape index (κ1) is 13.3. The van der Waals surface area contributed by atoms with Crippen molar-refractivity contribution in [2.24, 2.45) is 5.92 Å². The quantitative estimate of drug-likeness (QED) is 0.798. The van der Waals surface area contributed by atoms with Crippen LogP contribution >= 0.6 is 11.3 Å². The van der Waals surface area contributed by atoms with Crippen molar-refractivity contribution in [1.29, 1.82) is 0 Å². The summed E-state index contributed by atoms with van der Waals surface area (Å²) in [6, 6.07) is 13.0. The van der Waals surface area contributed by atoms with Gasteiger partial charge in [-0.3, -0.25) is 0 Å². The van der Waals surface area contributed by atoms with Crippen LogP contribution in [0, 0.1) is 5.92 Å². The molecule has 0 aliphatic rings. The maximum Gasteiger partial charge on any atom is -0.00143 e. The minimum Gasteiger partial charge on any atom is -0.317 e. The largest absolute Gasteiger partial charge is 0.317 e. The molecule has 1 aromatic heterocycles. The molecule has 0 bridgehead atoms. The second kappa shape index (κ2) is 7.34. The molecule has 0 radical (unpaired) electrons. The van der Waals surface area contributed by atoms with Gasteiger partial charge in [0, 0.05) is 0 Å². The zero-order chi connectivity index (χ0) is 12.6. The van der Waals surface area contributed by atoms with Crippen LogP contribution in [0.25, 0.3) is 0 Å². The molecule has 0 fully saturated rings. The molecule has 96 valence electrons. The molecule has 0 saturated carbocycles. The molecule has 2 aromatic rings. The summed E-state index contributed by atoms with van der Waals surface area (Å²) in [6.45, 7) is 4.32. The predicted molar refractivity (Wildman–Crippen MR) is 80.2 cm³/mol. The first-order valence-corrected chi connectivity index (χ1v) is 7.58. The average molecular weight is 259 g/mol. The molecule has 1 nitrogen and oxygen atoms in total. The van der Waals surface area contributed by atoms with Crippen LogP contribution in [0.3, 0.4) is 0 Å². The Morgan fingerprint density at radius 2 is 1.83 bits per heavy atom. The van der Waals surface area contributed by atoms with Gasteiger partial charge < -0.3 is 5.32 Å². The minimum atomic E-state index is 0.682. The summed E-state index contributed by atoms with van der Waals surface area (Å²) in [5, 5.41) is 7.92. The van der Waals surface area contributed by atoms with E-state index in [1.54, 1.807) is 11.3 Å². The van der Waals surface area contributed by atoms with E-state index in [1.165, 1.54) is 17.5 Å². The Kier molecular flexibility index (Phi) is 5.43. The number of rotatable bonds is 7. The molecule has 2 heteroatoms. The standard InChI is InChI=1S/C16H21NS/c1-2-17-12-16(11-15-8-9-18-13-15)10-14-6-4-3-5-7-14/h3-9,13,16-17H,2,10-12H2,1H3. The average Bonchev–Trinajstić information content (AvgIpc) is 2.90. The summed E-state index contributed by atoms with van der Waals surface area (Å²) in [7, 11) is 0. The van der Waals surface area contributed by atoms with E-state index in [4.69, 9.17) is 0 Å². The Labute approximate surface area is 114 Å². The Balaban J connectivity index is 1.96. The third-order valence-electron chi connectivity index (χ3n) is 3.15. The van der Waals surface area contributed by atoms with Crippen molar-refractivity contribution in [1.82, 2.24) is 5.32 Å². The van der Waals surface area contributed by atoms with Crippen LogP contribution in [0.5, 0.6) is 0 Å². The van der Waals surface area contributed by atoms with Gasteiger partial charge >= 0.3 is 0 Å². The first-order valence-electron chi connectivity index (χ1n) is 6.64. The van der Waals surface area contributed by atoms with E-state index in [9.17, 15) is 0 Å². The molecule has 0 spiro atoms. The van der Waals surface area contributed by atoms with Gasteiger partial charge in [0.15, 0.2) is 0 Å². The highest BCUT2D eigenvalue weighted by molar-refractivity contribution is 7.07. The maximum absolute atomic E-state index is 3.48. The maximum atomic E-state index is 3.48. The van der Waals surface area contributed by atoms with Crippen molar-refractivity contribution in [3.8, 4) is 0 Å². The Bertz CT molecular complexity index is 422. The summed E-state index contributed by atoms with van der Waals surface area (Å²) in [6.07, 6.45) is 2.33. The van der Waals surface area contributed by atoms with E-state index < -0.39 is 0 Å². The normalized spacial score (nSPS) is 12.5. The lowest BCUT2D eigenvalue weighted by molar-refractivity contribution is 0.479. The highest BCUT2D eigenvalue weighted by Crippen LogP contribution is 2.16. The molecule has 1 N–H and O–H groups in total. The lowest BCUT2D eigenvalue weighted by atomic mass is 9.93. The van der Waals surface area contributed by atoms with E-state index in [0.717, 1.165) is 19.5 Å². The fraction of sp³-hybridized carbons (Fsp3) is 0.375. The SMILES string of the molecule is CCNCC(Cc1ccccc1)Cc1ccsc1. The van der Waals surface area contributed by atoms with Crippen molar-refractivity contribution in [2.45, 2.75) is 19.8 Å². The highest BCUT2D eigenvalue weighted by Gasteiger charge is 2.10. The molecule has 0 amide bonds. The summed E-state index contributed by atoms with van der Waals surface area (Å²) >= 11 is 1.79. The molecule has 1 atom stereocenters. The molecule has 0 saturated heterocycles. The topological polar surface area (TPSA) is 12.0 Å². The van der Waals surface area contributed by atoms with E-state index in [2.05, 4.69) is 59.4 Å². The van der Waals surface area contributed by atoms with Gasteiger partial charge in [0.2, 0.25) is 0 Å². The summed E-state index contributed by atoms with van der Waals surface area (Å²) in [5.74, 6) is 0.682. The molecule has 2 rings (SSSR count). The lowest BCUT2D eigenvalue weighted by Gasteiger charge is -2.17. The smallest absolute Gasteiger partial charge is 0.00143 e. The van der Waals surface area contributed by atoms with Crippen LogP contribution in [-0.4, -0.2) is 13.1 Å². The molecule has 18 heavy (non-hydrogen) atoms. The molecule has 1 heterocycles. The molecular formula is C16H21NS. The molecular weight excluding hydrogens is 238 g/mol. The van der Waals surface area contributed by atoms with Gasteiger partial charge in [0.25, 0.3) is 0 Å². The van der Waals surface area contributed by atoms with Crippen molar-refractivity contribution in [3.05, 3.63) is 58.3 Å². The monoisotopic (exact) mass is 259 g/mol. The predicted octanol–water partition coefficient (Wildman–Crippen LogP) is 3.76. The van der Waals surface area contributed by atoms with Crippen LogP contribution in [0.2, 0.25) is 0 Å². The van der Waals surface area contributed by atoms with E-state index in [1.807, 2.05) is 0 Å².